The first-order chi connectivity index (χ1) is 7.91. The van der Waals surface area contributed by atoms with Gasteiger partial charge in [-0.15, -0.1) is 11.6 Å². The number of nitro benzene ring substituents is 1. The van der Waals surface area contributed by atoms with Gasteiger partial charge >= 0.3 is 0 Å². The fraction of sp³-hybridized carbons (Fsp3) is 0.200. The second kappa shape index (κ2) is 5.40. The summed E-state index contributed by atoms with van der Waals surface area (Å²) in [5.41, 5.74) is 0.254. The SMILES string of the molecule is CC(=O)[C@H](Cl)C(=O)Nc1ccc([N+](=O)[O-])cc1. The molecular weight excluding hydrogens is 248 g/mol. The molecule has 0 bridgehead atoms. The van der Waals surface area contributed by atoms with E-state index in [9.17, 15) is 19.7 Å². The van der Waals surface area contributed by atoms with Crippen molar-refractivity contribution in [2.24, 2.45) is 0 Å². The van der Waals surface area contributed by atoms with Crippen LogP contribution in [0.1, 0.15) is 6.92 Å². The number of nitrogens with zero attached hydrogens (tertiary/aromatic N) is 1. The van der Waals surface area contributed by atoms with Crippen LogP contribution in [-0.2, 0) is 9.59 Å². The minimum Gasteiger partial charge on any atom is -0.324 e. The van der Waals surface area contributed by atoms with Crippen molar-refractivity contribution in [3.63, 3.8) is 0 Å². The number of alkyl halides is 1. The molecule has 0 heterocycles. The number of hydrogen-bond donors (Lipinski definition) is 1. The van der Waals surface area contributed by atoms with Gasteiger partial charge in [0.1, 0.15) is 0 Å². The maximum atomic E-state index is 11.4. The minimum absolute atomic E-state index is 0.0861. The van der Waals surface area contributed by atoms with Gasteiger partial charge in [0.25, 0.3) is 5.69 Å². The third kappa shape index (κ3) is 3.53. The van der Waals surface area contributed by atoms with Crippen LogP contribution in [0.2, 0.25) is 0 Å². The molecule has 0 saturated carbocycles. The molecule has 0 aromatic heterocycles. The van der Waals surface area contributed by atoms with E-state index in [2.05, 4.69) is 5.32 Å². The van der Waals surface area contributed by atoms with E-state index in [0.717, 1.165) is 0 Å². The number of carbonyl (C=O) groups excluding carboxylic acids is 2. The summed E-state index contributed by atoms with van der Waals surface area (Å²) in [6, 6.07) is 5.21. The largest absolute Gasteiger partial charge is 0.324 e. The number of anilines is 1. The lowest BCUT2D eigenvalue weighted by Crippen LogP contribution is -2.28. The number of benzene rings is 1. The molecule has 17 heavy (non-hydrogen) atoms. The molecule has 1 rings (SSSR count). The van der Waals surface area contributed by atoms with E-state index in [1.165, 1.54) is 31.2 Å². The molecule has 1 aromatic rings. The van der Waals surface area contributed by atoms with Gasteiger partial charge < -0.3 is 5.32 Å². The van der Waals surface area contributed by atoms with Crippen LogP contribution < -0.4 is 5.32 Å². The smallest absolute Gasteiger partial charge is 0.269 e. The number of nitro groups is 1. The first-order valence-electron chi connectivity index (χ1n) is 4.61. The average molecular weight is 257 g/mol. The number of non-ortho nitro benzene ring substituents is 1. The van der Waals surface area contributed by atoms with Crippen molar-refractivity contribution < 1.29 is 14.5 Å². The summed E-state index contributed by atoms with van der Waals surface area (Å²) in [4.78, 5) is 32.0. The highest BCUT2D eigenvalue weighted by Crippen LogP contribution is 2.16. The van der Waals surface area contributed by atoms with Crippen molar-refractivity contribution in [1.29, 1.82) is 0 Å². The second-order valence-electron chi connectivity index (χ2n) is 3.27. The first-order valence-corrected chi connectivity index (χ1v) is 5.05. The Morgan fingerprint density at radius 3 is 2.29 bits per heavy atom. The maximum Gasteiger partial charge on any atom is 0.269 e. The van der Waals surface area contributed by atoms with E-state index in [-0.39, 0.29) is 5.69 Å². The van der Waals surface area contributed by atoms with Crippen LogP contribution in [0, 0.1) is 10.1 Å². The van der Waals surface area contributed by atoms with Crippen LogP contribution in [0.25, 0.3) is 0 Å². The lowest BCUT2D eigenvalue weighted by Gasteiger charge is -2.07. The van der Waals surface area contributed by atoms with Gasteiger partial charge in [-0.2, -0.15) is 0 Å². The van der Waals surface area contributed by atoms with Crippen molar-refractivity contribution in [3.05, 3.63) is 34.4 Å². The fourth-order valence-electron chi connectivity index (χ4n) is 1.06. The van der Waals surface area contributed by atoms with E-state index in [4.69, 9.17) is 11.6 Å². The van der Waals surface area contributed by atoms with E-state index >= 15 is 0 Å². The Balaban J connectivity index is 2.73. The molecule has 0 fully saturated rings. The van der Waals surface area contributed by atoms with Crippen molar-refractivity contribution in [2.45, 2.75) is 12.3 Å². The quantitative estimate of drug-likeness (QED) is 0.384. The van der Waals surface area contributed by atoms with E-state index in [1.54, 1.807) is 0 Å². The number of Topliss-reactive ketones (excluding diaryl/α,β-unsaturated/α-hetero) is 1. The highest BCUT2D eigenvalue weighted by Gasteiger charge is 2.20. The number of rotatable bonds is 4. The molecule has 0 aliphatic heterocycles. The van der Waals surface area contributed by atoms with Gasteiger partial charge in [0.15, 0.2) is 11.2 Å². The van der Waals surface area contributed by atoms with Gasteiger partial charge in [-0.3, -0.25) is 19.7 Å². The Morgan fingerprint density at radius 2 is 1.88 bits per heavy atom. The Bertz CT molecular complexity index is 458. The van der Waals surface area contributed by atoms with Crippen molar-refractivity contribution in [3.8, 4) is 0 Å². The molecule has 1 atom stereocenters. The van der Waals surface area contributed by atoms with Crippen LogP contribution in [0.3, 0.4) is 0 Å². The van der Waals surface area contributed by atoms with Crippen LogP contribution >= 0.6 is 11.6 Å². The highest BCUT2D eigenvalue weighted by molar-refractivity contribution is 6.43. The zero-order valence-corrected chi connectivity index (χ0v) is 9.60. The number of amides is 1. The maximum absolute atomic E-state index is 11.4. The number of hydrogen-bond acceptors (Lipinski definition) is 4. The summed E-state index contributed by atoms with van der Waals surface area (Å²) < 4.78 is 0. The predicted octanol–water partition coefficient (Wildman–Crippen LogP) is 1.73. The summed E-state index contributed by atoms with van der Waals surface area (Å²) in [7, 11) is 0. The molecule has 0 spiro atoms. The molecule has 1 N–H and O–H groups in total. The van der Waals surface area contributed by atoms with Gasteiger partial charge in [0, 0.05) is 17.8 Å². The molecule has 0 aliphatic rings. The lowest BCUT2D eigenvalue weighted by atomic mass is 10.2. The van der Waals surface area contributed by atoms with Gasteiger partial charge in [0.05, 0.1) is 4.92 Å². The minimum atomic E-state index is -1.26. The van der Waals surface area contributed by atoms with Crippen LogP contribution in [0.15, 0.2) is 24.3 Å². The third-order valence-corrected chi connectivity index (χ3v) is 2.44. The van der Waals surface area contributed by atoms with Gasteiger partial charge in [0.2, 0.25) is 5.91 Å². The monoisotopic (exact) mass is 256 g/mol. The summed E-state index contributed by atoms with van der Waals surface area (Å²) in [5, 5.41) is 11.5. The molecule has 6 nitrogen and oxygen atoms in total. The first kappa shape index (κ1) is 13.1. The number of carbonyl (C=O) groups is 2. The standard InChI is InChI=1S/C10H9ClN2O4/c1-6(14)9(11)10(15)12-7-2-4-8(5-3-7)13(16)17/h2-5,9H,1H3,(H,12,15)/t9-/m0/s1. The number of halogens is 1. The van der Waals surface area contributed by atoms with E-state index < -0.39 is 22.0 Å². The van der Waals surface area contributed by atoms with Crippen LogP contribution in [0.4, 0.5) is 11.4 Å². The molecular formula is C10H9ClN2O4. The Morgan fingerprint density at radius 1 is 1.35 bits per heavy atom. The second-order valence-corrected chi connectivity index (χ2v) is 3.70. The number of ketones is 1. The summed E-state index contributed by atoms with van der Waals surface area (Å²) in [6.45, 7) is 1.20. The van der Waals surface area contributed by atoms with E-state index in [1.807, 2.05) is 0 Å². The van der Waals surface area contributed by atoms with Crippen molar-refractivity contribution in [1.82, 2.24) is 0 Å². The highest BCUT2D eigenvalue weighted by atomic mass is 35.5. The fourth-order valence-corrected chi connectivity index (χ4v) is 1.11. The zero-order chi connectivity index (χ0) is 13.0. The van der Waals surface area contributed by atoms with Gasteiger partial charge in [-0.25, -0.2) is 0 Å². The van der Waals surface area contributed by atoms with Gasteiger partial charge in [-0.05, 0) is 19.1 Å². The topological polar surface area (TPSA) is 89.3 Å². The molecule has 0 aliphatic carbocycles. The molecule has 0 unspecified atom stereocenters. The molecule has 90 valence electrons. The Labute approximate surface area is 102 Å². The van der Waals surface area contributed by atoms with Crippen LogP contribution in [0.5, 0.6) is 0 Å². The molecule has 7 heteroatoms. The molecule has 0 radical (unpaired) electrons. The Hall–Kier alpha value is -1.95. The molecule has 0 saturated heterocycles. The van der Waals surface area contributed by atoms with Crippen molar-refractivity contribution in [2.75, 3.05) is 5.32 Å². The summed E-state index contributed by atoms with van der Waals surface area (Å²) in [6.07, 6.45) is 0. The normalized spacial score (nSPS) is 11.6. The summed E-state index contributed by atoms with van der Waals surface area (Å²) >= 11 is 5.53. The molecule has 1 aromatic carbocycles. The van der Waals surface area contributed by atoms with Gasteiger partial charge in [-0.1, -0.05) is 0 Å². The predicted molar refractivity (Wildman–Crippen MR) is 62.0 cm³/mol. The molecule has 1 amide bonds. The van der Waals surface area contributed by atoms with E-state index in [0.29, 0.717) is 5.69 Å². The number of nitrogens with one attached hydrogen (secondary N) is 1. The average Bonchev–Trinajstić information content (AvgIpc) is 2.28. The lowest BCUT2D eigenvalue weighted by molar-refractivity contribution is -0.384. The van der Waals surface area contributed by atoms with Crippen molar-refractivity contribution >= 4 is 34.7 Å². The van der Waals surface area contributed by atoms with Crippen LogP contribution in [-0.4, -0.2) is 22.0 Å². The Kier molecular flexibility index (Phi) is 4.17. The summed E-state index contributed by atoms with van der Waals surface area (Å²) in [5.74, 6) is -1.13. The zero-order valence-electron chi connectivity index (χ0n) is 8.84. The third-order valence-electron chi connectivity index (χ3n) is 1.93.